The van der Waals surface area contributed by atoms with Crippen molar-refractivity contribution < 1.29 is 14.3 Å². The van der Waals surface area contributed by atoms with Gasteiger partial charge < -0.3 is 25.0 Å². The number of rotatable bonds is 7. The monoisotopic (exact) mass is 403 g/mol. The van der Waals surface area contributed by atoms with Gasteiger partial charge >= 0.3 is 0 Å². The van der Waals surface area contributed by atoms with Gasteiger partial charge in [-0.05, 0) is 60.7 Å². The van der Waals surface area contributed by atoms with Crippen molar-refractivity contribution in [2.45, 2.75) is 0 Å². The number of carbonyl (C=O) groups excluding carboxylic acids is 1. The number of morpholine rings is 1. The Morgan fingerprint density at radius 3 is 2.17 bits per heavy atom. The molecule has 1 saturated heterocycles. The Morgan fingerprint density at radius 1 is 0.833 bits per heavy atom. The van der Waals surface area contributed by atoms with E-state index in [-0.39, 0.29) is 12.5 Å². The first kappa shape index (κ1) is 19.8. The van der Waals surface area contributed by atoms with Gasteiger partial charge in [-0.3, -0.25) is 4.79 Å². The molecule has 0 aromatic heterocycles. The Bertz CT molecular complexity index is 938. The van der Waals surface area contributed by atoms with E-state index in [1.807, 2.05) is 78.9 Å². The number of hydrogen-bond acceptors (Lipinski definition) is 5. The van der Waals surface area contributed by atoms with Gasteiger partial charge in [0.25, 0.3) is 5.91 Å². The lowest BCUT2D eigenvalue weighted by molar-refractivity contribution is -0.118. The highest BCUT2D eigenvalue weighted by molar-refractivity contribution is 5.92. The van der Waals surface area contributed by atoms with Crippen LogP contribution in [0.1, 0.15) is 0 Å². The number of para-hydroxylation sites is 1. The topological polar surface area (TPSA) is 62.8 Å². The van der Waals surface area contributed by atoms with Crippen LogP contribution >= 0.6 is 0 Å². The zero-order chi connectivity index (χ0) is 20.6. The quantitative estimate of drug-likeness (QED) is 0.616. The molecule has 154 valence electrons. The van der Waals surface area contributed by atoms with E-state index in [9.17, 15) is 4.79 Å². The molecular weight excluding hydrogens is 378 g/mol. The number of amides is 1. The molecule has 0 saturated carbocycles. The van der Waals surface area contributed by atoms with Crippen LogP contribution in [0.5, 0.6) is 5.75 Å². The molecule has 0 bridgehead atoms. The average Bonchev–Trinajstić information content (AvgIpc) is 2.80. The zero-order valence-corrected chi connectivity index (χ0v) is 16.7. The molecule has 6 nitrogen and oxygen atoms in total. The Morgan fingerprint density at radius 2 is 1.47 bits per heavy atom. The second-order valence-electron chi connectivity index (χ2n) is 7.00. The highest BCUT2D eigenvalue weighted by Crippen LogP contribution is 2.21. The number of anilines is 4. The maximum Gasteiger partial charge on any atom is 0.262 e. The molecular formula is C24H25N3O3. The van der Waals surface area contributed by atoms with Gasteiger partial charge in [0.05, 0.1) is 13.2 Å². The van der Waals surface area contributed by atoms with E-state index in [1.165, 1.54) is 0 Å². The lowest BCUT2D eigenvalue weighted by atomic mass is 10.2. The zero-order valence-electron chi connectivity index (χ0n) is 16.7. The molecule has 1 heterocycles. The van der Waals surface area contributed by atoms with E-state index in [1.54, 1.807) is 0 Å². The van der Waals surface area contributed by atoms with E-state index < -0.39 is 0 Å². The molecule has 4 rings (SSSR count). The Hall–Kier alpha value is -3.51. The van der Waals surface area contributed by atoms with Crippen LogP contribution in [0, 0.1) is 0 Å². The van der Waals surface area contributed by atoms with Crippen molar-refractivity contribution in [2.75, 3.05) is 48.4 Å². The van der Waals surface area contributed by atoms with Crippen molar-refractivity contribution in [1.29, 1.82) is 0 Å². The van der Waals surface area contributed by atoms with Crippen LogP contribution < -0.4 is 20.3 Å². The molecule has 3 aromatic rings. The summed E-state index contributed by atoms with van der Waals surface area (Å²) in [5, 5.41) is 6.18. The normalized spacial score (nSPS) is 13.5. The summed E-state index contributed by atoms with van der Waals surface area (Å²) in [6.45, 7) is 3.23. The summed E-state index contributed by atoms with van der Waals surface area (Å²) < 4.78 is 11.0. The maximum atomic E-state index is 12.2. The van der Waals surface area contributed by atoms with Gasteiger partial charge in [-0.2, -0.15) is 0 Å². The van der Waals surface area contributed by atoms with E-state index in [0.29, 0.717) is 5.75 Å². The number of hydrogen-bond donors (Lipinski definition) is 2. The largest absolute Gasteiger partial charge is 0.484 e. The third-order valence-electron chi connectivity index (χ3n) is 4.81. The average molecular weight is 403 g/mol. The van der Waals surface area contributed by atoms with Crippen LogP contribution in [0.4, 0.5) is 22.7 Å². The molecule has 0 radical (unpaired) electrons. The van der Waals surface area contributed by atoms with Crippen LogP contribution in [-0.2, 0) is 9.53 Å². The fourth-order valence-electron chi connectivity index (χ4n) is 3.25. The van der Waals surface area contributed by atoms with Gasteiger partial charge in [0, 0.05) is 35.8 Å². The molecule has 30 heavy (non-hydrogen) atoms. The van der Waals surface area contributed by atoms with Crippen molar-refractivity contribution >= 4 is 28.7 Å². The van der Waals surface area contributed by atoms with Gasteiger partial charge in [-0.15, -0.1) is 0 Å². The second kappa shape index (κ2) is 9.80. The van der Waals surface area contributed by atoms with Crippen LogP contribution in [0.25, 0.3) is 0 Å². The number of carbonyl (C=O) groups is 1. The molecule has 1 fully saturated rings. The highest BCUT2D eigenvalue weighted by Gasteiger charge is 2.11. The number of nitrogens with one attached hydrogen (secondary N) is 2. The van der Waals surface area contributed by atoms with Crippen molar-refractivity contribution in [3.63, 3.8) is 0 Å². The molecule has 0 atom stereocenters. The van der Waals surface area contributed by atoms with Crippen molar-refractivity contribution in [1.82, 2.24) is 0 Å². The second-order valence-corrected chi connectivity index (χ2v) is 7.00. The minimum atomic E-state index is -0.194. The molecule has 1 aliphatic rings. The minimum Gasteiger partial charge on any atom is -0.484 e. The van der Waals surface area contributed by atoms with Gasteiger partial charge in [0.1, 0.15) is 5.75 Å². The fourth-order valence-corrected chi connectivity index (χ4v) is 3.25. The van der Waals surface area contributed by atoms with E-state index in [4.69, 9.17) is 9.47 Å². The predicted octanol–water partition coefficient (Wildman–Crippen LogP) is 4.28. The van der Waals surface area contributed by atoms with Gasteiger partial charge in [0.15, 0.2) is 6.61 Å². The lowest BCUT2D eigenvalue weighted by Gasteiger charge is -2.28. The minimum absolute atomic E-state index is 0.0450. The molecule has 0 aliphatic carbocycles. The SMILES string of the molecule is O=C(COc1ccc(Nc2ccccc2)cc1)Nc1ccc(N2CCOCC2)cc1. The molecule has 3 aromatic carbocycles. The lowest BCUT2D eigenvalue weighted by Crippen LogP contribution is -2.36. The standard InChI is InChI=1S/C24H25N3O3/c28-24(26-21-6-10-22(11-7-21)27-14-16-29-17-15-27)18-30-23-12-8-20(9-13-23)25-19-4-2-1-3-5-19/h1-13,25H,14-18H2,(H,26,28). The van der Waals surface area contributed by atoms with Crippen LogP contribution in [0.2, 0.25) is 0 Å². The smallest absolute Gasteiger partial charge is 0.262 e. The summed E-state index contributed by atoms with van der Waals surface area (Å²) in [4.78, 5) is 14.5. The Kier molecular flexibility index (Phi) is 6.47. The summed E-state index contributed by atoms with van der Waals surface area (Å²) in [6.07, 6.45) is 0. The molecule has 2 N–H and O–H groups in total. The fraction of sp³-hybridized carbons (Fsp3) is 0.208. The Labute approximate surface area is 176 Å². The number of benzene rings is 3. The highest BCUT2D eigenvalue weighted by atomic mass is 16.5. The molecule has 1 amide bonds. The summed E-state index contributed by atoms with van der Waals surface area (Å²) in [5.74, 6) is 0.451. The Balaban J connectivity index is 1.24. The van der Waals surface area contributed by atoms with Crippen molar-refractivity contribution in [2.24, 2.45) is 0 Å². The maximum absolute atomic E-state index is 12.2. The first-order valence-electron chi connectivity index (χ1n) is 10.0. The molecule has 0 unspecified atom stereocenters. The van der Waals surface area contributed by atoms with E-state index in [2.05, 4.69) is 15.5 Å². The van der Waals surface area contributed by atoms with Gasteiger partial charge in [0.2, 0.25) is 0 Å². The molecule has 0 spiro atoms. The molecule has 6 heteroatoms. The molecule has 1 aliphatic heterocycles. The van der Waals surface area contributed by atoms with Gasteiger partial charge in [-0.25, -0.2) is 0 Å². The van der Waals surface area contributed by atoms with Crippen LogP contribution in [0.3, 0.4) is 0 Å². The summed E-state index contributed by atoms with van der Waals surface area (Å²) in [6, 6.07) is 25.3. The third kappa shape index (κ3) is 5.52. The predicted molar refractivity (Wildman–Crippen MR) is 120 cm³/mol. The summed E-state index contributed by atoms with van der Waals surface area (Å²) in [5.41, 5.74) is 3.86. The van der Waals surface area contributed by atoms with E-state index >= 15 is 0 Å². The number of ether oxygens (including phenoxy) is 2. The first-order chi connectivity index (χ1) is 14.8. The third-order valence-corrected chi connectivity index (χ3v) is 4.81. The van der Waals surface area contributed by atoms with E-state index in [0.717, 1.165) is 49.1 Å². The van der Waals surface area contributed by atoms with Crippen LogP contribution in [0.15, 0.2) is 78.9 Å². The van der Waals surface area contributed by atoms with Crippen LogP contribution in [-0.4, -0.2) is 38.8 Å². The first-order valence-corrected chi connectivity index (χ1v) is 10.0. The van der Waals surface area contributed by atoms with Crippen molar-refractivity contribution in [3.05, 3.63) is 78.9 Å². The number of nitrogens with zero attached hydrogens (tertiary/aromatic N) is 1. The summed E-state index contributed by atoms with van der Waals surface area (Å²) in [7, 11) is 0. The van der Waals surface area contributed by atoms with Crippen molar-refractivity contribution in [3.8, 4) is 5.75 Å². The summed E-state index contributed by atoms with van der Waals surface area (Å²) >= 11 is 0. The van der Waals surface area contributed by atoms with Gasteiger partial charge in [-0.1, -0.05) is 18.2 Å².